The summed E-state index contributed by atoms with van der Waals surface area (Å²) in [4.78, 5) is 9.80. The number of ether oxygens (including phenoxy) is 1. The average Bonchev–Trinajstić information content (AvgIpc) is 2.84. The van der Waals surface area contributed by atoms with E-state index in [-0.39, 0.29) is 11.3 Å². The van der Waals surface area contributed by atoms with E-state index < -0.39 is 6.36 Å². The van der Waals surface area contributed by atoms with Gasteiger partial charge < -0.3 is 15.4 Å². The molecular weight excluding hydrogens is 579 g/mol. The van der Waals surface area contributed by atoms with E-state index >= 15 is 0 Å². The molecule has 0 amide bonds. The minimum atomic E-state index is -4.68. The monoisotopic (exact) mass is 613 g/mol. The van der Waals surface area contributed by atoms with E-state index in [9.17, 15) is 13.2 Å². The highest BCUT2D eigenvalue weighted by Crippen LogP contribution is 2.34. The third-order valence-corrected chi connectivity index (χ3v) is 6.97. The van der Waals surface area contributed by atoms with Crippen LogP contribution in [0.2, 0.25) is 0 Å². The van der Waals surface area contributed by atoms with Gasteiger partial charge in [0.2, 0.25) is 5.95 Å². The first-order chi connectivity index (χ1) is 17.9. The van der Waals surface area contributed by atoms with E-state index in [2.05, 4.69) is 73.9 Å². The van der Waals surface area contributed by atoms with Gasteiger partial charge in [0.05, 0.1) is 10.4 Å². The Balaban J connectivity index is 0.000000232. The van der Waals surface area contributed by atoms with Crippen molar-refractivity contribution in [1.82, 2.24) is 14.7 Å². The van der Waals surface area contributed by atoms with Gasteiger partial charge in [0.25, 0.3) is 0 Å². The van der Waals surface area contributed by atoms with Crippen LogP contribution in [0.3, 0.4) is 0 Å². The van der Waals surface area contributed by atoms with E-state index in [4.69, 9.17) is 4.98 Å². The average molecular weight is 615 g/mol. The Morgan fingerprint density at radius 3 is 2.39 bits per heavy atom. The van der Waals surface area contributed by atoms with Crippen LogP contribution in [-0.2, 0) is 0 Å². The van der Waals surface area contributed by atoms with Crippen molar-refractivity contribution in [2.75, 3.05) is 24.2 Å². The van der Waals surface area contributed by atoms with Crippen LogP contribution in [0.1, 0.15) is 52.9 Å². The maximum absolute atomic E-state index is 12.0. The molecule has 0 saturated heterocycles. The van der Waals surface area contributed by atoms with Gasteiger partial charge in [-0.2, -0.15) is 4.98 Å². The fourth-order valence-corrected chi connectivity index (χ4v) is 5.01. The first-order valence-corrected chi connectivity index (χ1v) is 14.2. The lowest BCUT2D eigenvalue weighted by molar-refractivity contribution is -0.275. The van der Waals surface area contributed by atoms with Crippen molar-refractivity contribution in [2.24, 2.45) is 5.92 Å². The molecule has 1 saturated carbocycles. The smallest absolute Gasteiger partial charge is 0.405 e. The number of nitrogens with one attached hydrogen (secondary N) is 3. The second-order valence-corrected chi connectivity index (χ2v) is 12.1. The first kappa shape index (κ1) is 30.3. The van der Waals surface area contributed by atoms with Gasteiger partial charge in [-0.3, -0.25) is 4.72 Å². The van der Waals surface area contributed by atoms with Crippen molar-refractivity contribution >= 4 is 50.5 Å². The summed E-state index contributed by atoms with van der Waals surface area (Å²) in [6.07, 6.45) is 2.09. The van der Waals surface area contributed by atoms with Gasteiger partial charge in [-0.05, 0) is 88.9 Å². The number of fused-ring (bicyclic) bond motifs is 1. The zero-order valence-corrected chi connectivity index (χ0v) is 24.5. The molecule has 1 aliphatic rings. The van der Waals surface area contributed by atoms with Gasteiger partial charge in [-0.15, -0.1) is 13.2 Å². The molecule has 0 spiro atoms. The molecule has 4 rings (SSSR count). The minimum Gasteiger partial charge on any atom is -0.405 e. The highest BCUT2D eigenvalue weighted by molar-refractivity contribution is 9.10. The molecule has 6 nitrogen and oxygen atoms in total. The number of alkyl halides is 3. The van der Waals surface area contributed by atoms with Crippen molar-refractivity contribution in [3.8, 4) is 5.75 Å². The number of aromatic nitrogens is 2. The molecular formula is C27H35BrF3N5OS. The summed E-state index contributed by atoms with van der Waals surface area (Å²) in [6, 6.07) is 12.6. The van der Waals surface area contributed by atoms with Crippen LogP contribution in [0.25, 0.3) is 10.9 Å². The van der Waals surface area contributed by atoms with Gasteiger partial charge >= 0.3 is 6.36 Å². The predicted octanol–water partition coefficient (Wildman–Crippen LogP) is 8.41. The molecule has 0 radical (unpaired) electrons. The number of nitrogens with zero attached hydrogens (tertiary/aromatic N) is 2. The van der Waals surface area contributed by atoms with Gasteiger partial charge in [0, 0.05) is 21.9 Å². The zero-order chi connectivity index (χ0) is 27.8. The third-order valence-electron chi connectivity index (χ3n) is 5.71. The highest BCUT2D eigenvalue weighted by atomic mass is 79.9. The fraction of sp³-hybridized carbons (Fsp3) is 0.481. The Labute approximate surface area is 235 Å². The molecule has 0 unspecified atom stereocenters. The first-order valence-electron chi connectivity index (χ1n) is 12.6. The molecule has 2 aromatic carbocycles. The highest BCUT2D eigenvalue weighted by Gasteiger charge is 2.32. The van der Waals surface area contributed by atoms with E-state index in [0.29, 0.717) is 9.37 Å². The molecule has 3 aromatic rings. The molecule has 1 aliphatic carbocycles. The molecule has 1 fully saturated rings. The van der Waals surface area contributed by atoms with Crippen LogP contribution in [0, 0.1) is 5.92 Å². The Bertz CT molecular complexity index is 1180. The molecule has 0 bridgehead atoms. The van der Waals surface area contributed by atoms with Gasteiger partial charge in [-0.25, -0.2) is 4.98 Å². The van der Waals surface area contributed by atoms with Gasteiger partial charge in [0.15, 0.2) is 0 Å². The van der Waals surface area contributed by atoms with Crippen LogP contribution < -0.4 is 20.1 Å². The van der Waals surface area contributed by atoms with Crippen LogP contribution >= 0.6 is 27.9 Å². The lowest BCUT2D eigenvalue weighted by atomic mass is 9.89. The summed E-state index contributed by atoms with van der Waals surface area (Å²) in [5.41, 5.74) is 0.956. The van der Waals surface area contributed by atoms with Crippen LogP contribution in [0.4, 0.5) is 24.9 Å². The summed E-state index contributed by atoms with van der Waals surface area (Å²) in [7, 11) is 1.62. The lowest BCUT2D eigenvalue weighted by Crippen LogP contribution is -2.27. The van der Waals surface area contributed by atoms with E-state index in [1.165, 1.54) is 44.2 Å². The molecule has 0 aliphatic heterocycles. The standard InChI is InChI=1S/C19H28N4.C8H7BrF3NOS/c1-19(2,3)23-17-15-11-7-8-12-16(15)21-18(22-17)20-13-14-9-5-4-6-10-14;1-13-15-7-3-2-5(9)4-6(7)14-8(10,11)12/h7-8,11-12,14H,4-6,9-10,13H2,1-3H3,(H2,20,21,22,23);2-4,13H,1H3. The van der Waals surface area contributed by atoms with Crippen LogP contribution in [-0.4, -0.2) is 35.5 Å². The molecule has 38 heavy (non-hydrogen) atoms. The maximum atomic E-state index is 12.0. The van der Waals surface area contributed by atoms with Crippen LogP contribution in [0.15, 0.2) is 51.8 Å². The largest absolute Gasteiger partial charge is 0.573 e. The second-order valence-electron chi connectivity index (χ2n) is 10.1. The number of rotatable bonds is 7. The Morgan fingerprint density at radius 1 is 1.03 bits per heavy atom. The third kappa shape index (κ3) is 10.1. The maximum Gasteiger partial charge on any atom is 0.573 e. The van der Waals surface area contributed by atoms with Crippen LogP contribution in [0.5, 0.6) is 5.75 Å². The van der Waals surface area contributed by atoms with E-state index in [1.54, 1.807) is 13.1 Å². The van der Waals surface area contributed by atoms with Crippen molar-refractivity contribution in [2.45, 2.75) is 69.7 Å². The number of halogens is 4. The zero-order valence-electron chi connectivity index (χ0n) is 22.1. The lowest BCUT2D eigenvalue weighted by Gasteiger charge is -2.24. The Kier molecular flexibility index (Phi) is 10.9. The molecule has 0 atom stereocenters. The fourth-order valence-electron chi connectivity index (χ4n) is 4.11. The summed E-state index contributed by atoms with van der Waals surface area (Å²) in [6.45, 7) is 7.43. The molecule has 11 heteroatoms. The molecule has 1 aromatic heterocycles. The second kappa shape index (κ2) is 13.7. The number of hydrogen-bond donors (Lipinski definition) is 3. The summed E-state index contributed by atoms with van der Waals surface area (Å²) in [5.74, 6) is 2.18. The summed E-state index contributed by atoms with van der Waals surface area (Å²) >= 11 is 4.13. The Hall–Kier alpha value is -2.24. The van der Waals surface area contributed by atoms with Crippen molar-refractivity contribution in [3.63, 3.8) is 0 Å². The topological polar surface area (TPSA) is 71.1 Å². The predicted molar refractivity (Wildman–Crippen MR) is 154 cm³/mol. The quantitative estimate of drug-likeness (QED) is 0.231. The molecule has 3 N–H and O–H groups in total. The number of benzene rings is 2. The van der Waals surface area contributed by atoms with E-state index in [0.717, 1.165) is 47.1 Å². The van der Waals surface area contributed by atoms with Gasteiger partial charge in [-0.1, -0.05) is 47.3 Å². The Morgan fingerprint density at radius 2 is 1.74 bits per heavy atom. The molecule has 1 heterocycles. The van der Waals surface area contributed by atoms with Gasteiger partial charge in [0.1, 0.15) is 11.6 Å². The SMILES string of the molecule is CC(C)(C)Nc1nc(NCC2CCCCC2)nc2ccccc12.CNSc1ccc(Br)cc1OC(F)(F)F. The number of anilines is 2. The van der Waals surface area contributed by atoms with Crippen molar-refractivity contribution in [1.29, 1.82) is 0 Å². The van der Waals surface area contributed by atoms with Crippen molar-refractivity contribution in [3.05, 3.63) is 46.9 Å². The summed E-state index contributed by atoms with van der Waals surface area (Å²) < 4.78 is 43.2. The van der Waals surface area contributed by atoms with E-state index in [1.807, 2.05) is 12.1 Å². The minimum absolute atomic E-state index is 0.0300. The number of para-hydroxylation sites is 1. The summed E-state index contributed by atoms with van der Waals surface area (Å²) in [5, 5.41) is 8.06. The molecule has 208 valence electrons. The normalized spacial score (nSPS) is 14.5. The van der Waals surface area contributed by atoms with Crippen molar-refractivity contribution < 1.29 is 17.9 Å². The number of hydrogen-bond acceptors (Lipinski definition) is 7.